The van der Waals surface area contributed by atoms with E-state index in [1.54, 1.807) is 21.3 Å². The van der Waals surface area contributed by atoms with Crippen LogP contribution in [0.5, 0.6) is 17.2 Å². The van der Waals surface area contributed by atoms with Gasteiger partial charge in [0.25, 0.3) is 0 Å². The smallest absolute Gasteiger partial charge is 0.241 e. The molecule has 0 saturated carbocycles. The van der Waals surface area contributed by atoms with Crippen LogP contribution in [0.3, 0.4) is 0 Å². The van der Waals surface area contributed by atoms with Crippen molar-refractivity contribution in [1.29, 1.82) is 0 Å². The molecule has 2 aliphatic heterocycles. The lowest BCUT2D eigenvalue weighted by Gasteiger charge is -2.35. The molecule has 2 saturated heterocycles. The topological polar surface area (TPSA) is 73.1 Å². The molecule has 3 heterocycles. The third-order valence-corrected chi connectivity index (χ3v) is 6.44. The molecule has 0 spiro atoms. The van der Waals surface area contributed by atoms with E-state index >= 15 is 0 Å². The Morgan fingerprint density at radius 3 is 2.32 bits per heavy atom. The third kappa shape index (κ3) is 5.13. The second kappa shape index (κ2) is 10.3. The molecule has 2 fully saturated rings. The highest BCUT2D eigenvalue weighted by Crippen LogP contribution is 2.43. The first kappa shape index (κ1) is 21.9. The van der Waals surface area contributed by atoms with E-state index in [1.165, 1.54) is 51.7 Å². The summed E-state index contributed by atoms with van der Waals surface area (Å²) in [4.78, 5) is 9.69. The fourth-order valence-corrected chi connectivity index (χ4v) is 4.73. The quantitative estimate of drug-likeness (QED) is 0.630. The first-order chi connectivity index (χ1) is 15.2. The molecule has 0 unspecified atom stereocenters. The highest BCUT2D eigenvalue weighted by atomic mass is 16.5. The first-order valence-electron chi connectivity index (χ1n) is 11.3. The van der Waals surface area contributed by atoms with Gasteiger partial charge in [0.1, 0.15) is 0 Å². The van der Waals surface area contributed by atoms with Gasteiger partial charge in [0.05, 0.1) is 33.4 Å². The highest BCUT2D eigenvalue weighted by Gasteiger charge is 2.25. The number of methoxy groups -OCH3 is 3. The molecule has 0 radical (unpaired) electrons. The Balaban J connectivity index is 1.36. The van der Waals surface area contributed by atoms with E-state index < -0.39 is 0 Å². The molecule has 0 atom stereocenters. The van der Waals surface area contributed by atoms with Crippen molar-refractivity contribution in [3.8, 4) is 28.6 Å². The summed E-state index contributed by atoms with van der Waals surface area (Å²) in [6.45, 7) is 6.66. The SMILES string of the molecule is COc1ccc(-c2noc(CN3CCC(CN4CCCCC4)CC3)n2)c(OC)c1OC. The van der Waals surface area contributed by atoms with Gasteiger partial charge in [0.15, 0.2) is 11.5 Å². The molecule has 0 aliphatic carbocycles. The molecule has 2 aromatic rings. The van der Waals surface area contributed by atoms with Crippen LogP contribution in [0.1, 0.15) is 38.0 Å². The van der Waals surface area contributed by atoms with Crippen LogP contribution >= 0.6 is 0 Å². The average molecular weight is 431 g/mol. The number of benzene rings is 1. The molecule has 1 aromatic heterocycles. The molecule has 0 amide bonds. The van der Waals surface area contributed by atoms with E-state index in [0.29, 0.717) is 35.5 Å². The molecule has 0 N–H and O–H groups in total. The van der Waals surface area contributed by atoms with E-state index in [-0.39, 0.29) is 0 Å². The Kier molecular flexibility index (Phi) is 7.29. The number of nitrogens with zero attached hydrogens (tertiary/aromatic N) is 4. The van der Waals surface area contributed by atoms with Gasteiger partial charge in [-0.3, -0.25) is 4.90 Å². The molecule has 0 bridgehead atoms. The molecule has 1 aromatic carbocycles. The second-order valence-electron chi connectivity index (χ2n) is 8.47. The van der Waals surface area contributed by atoms with Crippen molar-refractivity contribution in [2.45, 2.75) is 38.6 Å². The fourth-order valence-electron chi connectivity index (χ4n) is 4.73. The summed E-state index contributed by atoms with van der Waals surface area (Å²) >= 11 is 0. The maximum absolute atomic E-state index is 5.56. The average Bonchev–Trinajstić information content (AvgIpc) is 3.28. The summed E-state index contributed by atoms with van der Waals surface area (Å²) in [5.74, 6) is 3.58. The van der Waals surface area contributed by atoms with Gasteiger partial charge in [-0.1, -0.05) is 11.6 Å². The third-order valence-electron chi connectivity index (χ3n) is 6.44. The predicted molar refractivity (Wildman–Crippen MR) is 118 cm³/mol. The molecular weight excluding hydrogens is 396 g/mol. The van der Waals surface area contributed by atoms with Gasteiger partial charge in [-0.25, -0.2) is 0 Å². The number of likely N-dealkylation sites (tertiary alicyclic amines) is 2. The molecule has 8 heteroatoms. The predicted octanol–water partition coefficient (Wildman–Crippen LogP) is 3.46. The number of piperidine rings is 2. The molecule has 2 aliphatic rings. The van der Waals surface area contributed by atoms with Crippen LogP contribution in [0.15, 0.2) is 16.7 Å². The minimum atomic E-state index is 0.493. The first-order valence-corrected chi connectivity index (χ1v) is 11.3. The highest BCUT2D eigenvalue weighted by molar-refractivity contribution is 5.71. The zero-order valence-corrected chi connectivity index (χ0v) is 18.9. The van der Waals surface area contributed by atoms with E-state index in [0.717, 1.165) is 24.6 Å². The van der Waals surface area contributed by atoms with Crippen LogP contribution in [0.2, 0.25) is 0 Å². The molecule has 31 heavy (non-hydrogen) atoms. The van der Waals surface area contributed by atoms with Crippen molar-refractivity contribution >= 4 is 0 Å². The van der Waals surface area contributed by atoms with Crippen LogP contribution in [0.4, 0.5) is 0 Å². The minimum absolute atomic E-state index is 0.493. The lowest BCUT2D eigenvalue weighted by atomic mass is 9.95. The molecule has 4 rings (SSSR count). The monoisotopic (exact) mass is 430 g/mol. The number of ether oxygens (including phenoxy) is 3. The Morgan fingerprint density at radius 1 is 0.903 bits per heavy atom. The van der Waals surface area contributed by atoms with Crippen molar-refractivity contribution in [2.24, 2.45) is 5.92 Å². The zero-order chi connectivity index (χ0) is 21.6. The van der Waals surface area contributed by atoms with Crippen LogP contribution in [-0.2, 0) is 6.54 Å². The van der Waals surface area contributed by atoms with Crippen molar-refractivity contribution in [3.05, 3.63) is 18.0 Å². The summed E-state index contributed by atoms with van der Waals surface area (Å²) in [7, 11) is 4.77. The van der Waals surface area contributed by atoms with E-state index in [9.17, 15) is 0 Å². The van der Waals surface area contributed by atoms with Gasteiger partial charge in [0.2, 0.25) is 17.5 Å². The van der Waals surface area contributed by atoms with Gasteiger partial charge in [-0.2, -0.15) is 4.98 Å². The fraction of sp³-hybridized carbons (Fsp3) is 0.652. The molecule has 170 valence electrons. The molecule has 8 nitrogen and oxygen atoms in total. The van der Waals surface area contributed by atoms with Crippen LogP contribution in [0, 0.1) is 5.92 Å². The largest absolute Gasteiger partial charge is 0.493 e. The number of rotatable bonds is 8. The van der Waals surface area contributed by atoms with Gasteiger partial charge >= 0.3 is 0 Å². The number of hydrogen-bond donors (Lipinski definition) is 0. The summed E-state index contributed by atoms with van der Waals surface area (Å²) in [5, 5.41) is 4.19. The van der Waals surface area contributed by atoms with Gasteiger partial charge in [-0.05, 0) is 69.9 Å². The van der Waals surface area contributed by atoms with Crippen molar-refractivity contribution in [1.82, 2.24) is 19.9 Å². The summed E-state index contributed by atoms with van der Waals surface area (Å²) in [6.07, 6.45) is 6.60. The summed E-state index contributed by atoms with van der Waals surface area (Å²) < 4.78 is 21.9. The number of aromatic nitrogens is 2. The normalized spacial score (nSPS) is 18.8. The van der Waals surface area contributed by atoms with Gasteiger partial charge in [-0.15, -0.1) is 0 Å². The van der Waals surface area contributed by atoms with Crippen LogP contribution in [-0.4, -0.2) is 74.0 Å². The van der Waals surface area contributed by atoms with Crippen LogP contribution in [0.25, 0.3) is 11.4 Å². The molecular formula is C23H34N4O4. The zero-order valence-electron chi connectivity index (χ0n) is 18.9. The van der Waals surface area contributed by atoms with Crippen molar-refractivity contribution in [2.75, 3.05) is 54.1 Å². The second-order valence-corrected chi connectivity index (χ2v) is 8.47. The van der Waals surface area contributed by atoms with E-state index in [2.05, 4.69) is 19.9 Å². The summed E-state index contributed by atoms with van der Waals surface area (Å²) in [5.41, 5.74) is 0.718. The maximum atomic E-state index is 5.56. The van der Waals surface area contributed by atoms with Crippen molar-refractivity contribution < 1.29 is 18.7 Å². The minimum Gasteiger partial charge on any atom is -0.493 e. The van der Waals surface area contributed by atoms with E-state index in [1.807, 2.05) is 12.1 Å². The Labute approximate surface area is 184 Å². The number of hydrogen-bond acceptors (Lipinski definition) is 8. The van der Waals surface area contributed by atoms with Crippen LogP contribution < -0.4 is 14.2 Å². The van der Waals surface area contributed by atoms with Gasteiger partial charge < -0.3 is 23.6 Å². The summed E-state index contributed by atoms with van der Waals surface area (Å²) in [6, 6.07) is 3.68. The van der Waals surface area contributed by atoms with Crippen molar-refractivity contribution in [3.63, 3.8) is 0 Å². The Morgan fingerprint density at radius 2 is 1.65 bits per heavy atom. The Hall–Kier alpha value is -2.32. The van der Waals surface area contributed by atoms with E-state index in [4.69, 9.17) is 18.7 Å². The Bertz CT molecular complexity index is 842. The lowest BCUT2D eigenvalue weighted by molar-refractivity contribution is 0.120. The maximum Gasteiger partial charge on any atom is 0.241 e. The van der Waals surface area contributed by atoms with Gasteiger partial charge in [0, 0.05) is 6.54 Å². The standard InChI is InChI=1S/C23H34N4O4/c1-28-19-8-7-18(21(29-2)22(19)30-3)23-24-20(31-25-23)16-27-13-9-17(10-14-27)15-26-11-5-4-6-12-26/h7-8,17H,4-6,9-16H2,1-3H3. The lowest BCUT2D eigenvalue weighted by Crippen LogP contribution is -2.40.